The van der Waals surface area contributed by atoms with Crippen LogP contribution >= 0.6 is 11.6 Å². The first-order valence-electron chi connectivity index (χ1n) is 4.48. The molecule has 1 amide bonds. The normalized spacial score (nSPS) is 26.6. The highest BCUT2D eigenvalue weighted by Gasteiger charge is 2.37. The molecule has 2 atom stereocenters. The van der Waals surface area contributed by atoms with E-state index in [0.717, 1.165) is 0 Å². The van der Waals surface area contributed by atoms with Gasteiger partial charge < -0.3 is 9.64 Å². The number of methoxy groups -OCH3 is 1. The van der Waals surface area contributed by atoms with Crippen LogP contribution in [0.15, 0.2) is 0 Å². The van der Waals surface area contributed by atoms with E-state index in [2.05, 4.69) is 0 Å². The Bertz CT molecular complexity index is 244. The average Bonchev–Trinajstić information content (AvgIpc) is 2.60. The van der Waals surface area contributed by atoms with Crippen molar-refractivity contribution >= 4 is 23.3 Å². The highest BCUT2D eigenvalue weighted by Crippen LogP contribution is 2.21. The zero-order valence-corrected chi connectivity index (χ0v) is 9.08. The molecule has 80 valence electrons. The number of ether oxygens (including phenoxy) is 1. The molecule has 5 heteroatoms. The van der Waals surface area contributed by atoms with E-state index in [0.29, 0.717) is 13.0 Å². The first-order chi connectivity index (χ1) is 6.60. The average molecular weight is 220 g/mol. The van der Waals surface area contributed by atoms with Crippen molar-refractivity contribution in [1.29, 1.82) is 0 Å². The Morgan fingerprint density at radius 3 is 2.64 bits per heavy atom. The molecule has 14 heavy (non-hydrogen) atoms. The first kappa shape index (κ1) is 11.5. The van der Waals surface area contributed by atoms with Crippen molar-refractivity contribution in [2.75, 3.05) is 19.5 Å². The van der Waals surface area contributed by atoms with E-state index in [9.17, 15) is 9.59 Å². The summed E-state index contributed by atoms with van der Waals surface area (Å²) < 4.78 is 5.13. The number of carbonyl (C=O) groups excluding carboxylic acids is 2. The van der Waals surface area contributed by atoms with Gasteiger partial charge in [0.05, 0.1) is 18.0 Å². The number of rotatable bonds is 3. The Balaban J connectivity index is 2.71. The Morgan fingerprint density at radius 2 is 2.21 bits per heavy atom. The maximum atomic E-state index is 11.4. The lowest BCUT2D eigenvalue weighted by Gasteiger charge is -2.20. The van der Waals surface area contributed by atoms with Crippen LogP contribution in [-0.4, -0.2) is 48.3 Å². The predicted octanol–water partition coefficient (Wildman–Crippen LogP) is 0.430. The summed E-state index contributed by atoms with van der Waals surface area (Å²) in [5.41, 5.74) is 0. The molecule has 2 unspecified atom stereocenters. The van der Waals surface area contributed by atoms with Crippen molar-refractivity contribution in [3.63, 3.8) is 0 Å². The molecule has 0 aromatic carbocycles. The predicted molar refractivity (Wildman–Crippen MR) is 52.3 cm³/mol. The highest BCUT2D eigenvalue weighted by atomic mass is 35.5. The summed E-state index contributed by atoms with van der Waals surface area (Å²) in [6, 6.07) is -0.394. The van der Waals surface area contributed by atoms with Gasteiger partial charge in [0.15, 0.2) is 5.78 Å². The third-order valence-corrected chi connectivity index (χ3v) is 2.77. The van der Waals surface area contributed by atoms with Gasteiger partial charge in [0.2, 0.25) is 5.91 Å². The largest absolute Gasteiger partial charge is 0.380 e. The second-order valence-electron chi connectivity index (χ2n) is 3.38. The van der Waals surface area contributed by atoms with Gasteiger partial charge in [-0.25, -0.2) is 0 Å². The number of hydrogen-bond acceptors (Lipinski definition) is 3. The molecule has 0 spiro atoms. The maximum absolute atomic E-state index is 11.4. The zero-order valence-electron chi connectivity index (χ0n) is 8.33. The van der Waals surface area contributed by atoms with E-state index >= 15 is 0 Å². The van der Waals surface area contributed by atoms with Crippen LogP contribution in [0.25, 0.3) is 0 Å². The summed E-state index contributed by atoms with van der Waals surface area (Å²) in [7, 11) is 1.58. The van der Waals surface area contributed by atoms with Gasteiger partial charge in [0.1, 0.15) is 0 Å². The fourth-order valence-electron chi connectivity index (χ4n) is 1.71. The number of hydrogen-bond donors (Lipinski definition) is 0. The number of ketones is 1. The molecule has 4 nitrogen and oxygen atoms in total. The molecule has 0 saturated carbocycles. The minimum absolute atomic E-state index is 0.0453. The van der Waals surface area contributed by atoms with Crippen LogP contribution in [0.3, 0.4) is 0 Å². The topological polar surface area (TPSA) is 46.6 Å². The van der Waals surface area contributed by atoms with Crippen LogP contribution in [0, 0.1) is 0 Å². The minimum atomic E-state index is -0.394. The van der Waals surface area contributed by atoms with Crippen molar-refractivity contribution in [2.24, 2.45) is 0 Å². The second-order valence-corrected chi connectivity index (χ2v) is 3.65. The maximum Gasteiger partial charge on any atom is 0.220 e. The second kappa shape index (κ2) is 4.75. The quantitative estimate of drug-likeness (QED) is 0.647. The van der Waals surface area contributed by atoms with Gasteiger partial charge in [0.25, 0.3) is 0 Å². The van der Waals surface area contributed by atoms with Crippen LogP contribution in [-0.2, 0) is 14.3 Å². The number of amides is 1. The van der Waals surface area contributed by atoms with Crippen molar-refractivity contribution in [1.82, 2.24) is 4.90 Å². The van der Waals surface area contributed by atoms with Crippen LogP contribution < -0.4 is 0 Å². The number of halogens is 1. The zero-order chi connectivity index (χ0) is 10.7. The Morgan fingerprint density at radius 1 is 1.57 bits per heavy atom. The van der Waals surface area contributed by atoms with Crippen LogP contribution in [0.4, 0.5) is 0 Å². The van der Waals surface area contributed by atoms with Crippen molar-refractivity contribution in [3.05, 3.63) is 0 Å². The molecule has 0 aliphatic carbocycles. The van der Waals surface area contributed by atoms with E-state index in [1.807, 2.05) is 0 Å². The molecular weight excluding hydrogens is 206 g/mol. The molecule has 1 rings (SSSR count). The Labute approximate surface area is 88.2 Å². The summed E-state index contributed by atoms with van der Waals surface area (Å²) in [4.78, 5) is 24.1. The minimum Gasteiger partial charge on any atom is -0.380 e. The first-order valence-corrected chi connectivity index (χ1v) is 5.02. The summed E-state index contributed by atoms with van der Waals surface area (Å²) >= 11 is 5.46. The molecule has 1 saturated heterocycles. The Kier molecular flexibility index (Phi) is 3.89. The molecule has 1 aliphatic heterocycles. The monoisotopic (exact) mass is 219 g/mol. The van der Waals surface area contributed by atoms with E-state index < -0.39 is 6.04 Å². The van der Waals surface area contributed by atoms with Crippen molar-refractivity contribution < 1.29 is 14.3 Å². The molecule has 1 fully saturated rings. The summed E-state index contributed by atoms with van der Waals surface area (Å²) in [6.45, 7) is 1.94. The fourth-order valence-corrected chi connectivity index (χ4v) is 1.89. The molecule has 0 radical (unpaired) electrons. The van der Waals surface area contributed by atoms with E-state index in [1.165, 1.54) is 11.8 Å². The number of Topliss-reactive ketones (excluding diaryl/α,β-unsaturated/α-hetero) is 1. The number of carbonyl (C=O) groups is 2. The van der Waals surface area contributed by atoms with E-state index in [1.54, 1.807) is 7.11 Å². The van der Waals surface area contributed by atoms with E-state index in [4.69, 9.17) is 16.3 Å². The number of alkyl halides is 1. The molecule has 0 aromatic heterocycles. The lowest BCUT2D eigenvalue weighted by atomic mass is 10.1. The van der Waals surface area contributed by atoms with Gasteiger partial charge in [-0.15, -0.1) is 11.6 Å². The fraction of sp³-hybridized carbons (Fsp3) is 0.778. The lowest BCUT2D eigenvalue weighted by Crippen LogP contribution is -2.39. The van der Waals surface area contributed by atoms with Gasteiger partial charge in [0, 0.05) is 27.0 Å². The van der Waals surface area contributed by atoms with Crippen LogP contribution in [0.1, 0.15) is 13.3 Å². The molecule has 0 aromatic rings. The molecule has 0 N–H and O–H groups in total. The van der Waals surface area contributed by atoms with Crippen LogP contribution in [0.5, 0.6) is 0 Å². The number of nitrogens with zero attached hydrogens (tertiary/aromatic N) is 1. The van der Waals surface area contributed by atoms with Crippen molar-refractivity contribution in [3.8, 4) is 0 Å². The SMILES string of the molecule is COC1CC(C(=O)CCl)N(C(C)=O)C1. The molecule has 0 bridgehead atoms. The van der Waals surface area contributed by atoms with Crippen molar-refractivity contribution in [2.45, 2.75) is 25.5 Å². The number of likely N-dealkylation sites (tertiary alicyclic amines) is 1. The smallest absolute Gasteiger partial charge is 0.220 e. The van der Waals surface area contributed by atoms with Gasteiger partial charge in [-0.2, -0.15) is 0 Å². The van der Waals surface area contributed by atoms with Gasteiger partial charge in [-0.05, 0) is 0 Å². The lowest BCUT2D eigenvalue weighted by molar-refractivity contribution is -0.135. The van der Waals surface area contributed by atoms with Gasteiger partial charge in [-0.1, -0.05) is 0 Å². The standard InChI is InChI=1S/C9H14ClNO3/c1-6(12)11-5-7(14-2)3-8(11)9(13)4-10/h7-8H,3-5H2,1-2H3. The third-order valence-electron chi connectivity index (χ3n) is 2.50. The molecular formula is C9H14ClNO3. The van der Waals surface area contributed by atoms with Gasteiger partial charge >= 0.3 is 0 Å². The molecule has 1 heterocycles. The molecule has 1 aliphatic rings. The Hall–Kier alpha value is -0.610. The summed E-state index contributed by atoms with van der Waals surface area (Å²) in [5.74, 6) is -0.264. The summed E-state index contributed by atoms with van der Waals surface area (Å²) in [5, 5.41) is 0. The highest BCUT2D eigenvalue weighted by molar-refractivity contribution is 6.28. The van der Waals surface area contributed by atoms with Crippen LogP contribution in [0.2, 0.25) is 0 Å². The summed E-state index contributed by atoms with van der Waals surface area (Å²) in [6.07, 6.45) is 0.512. The van der Waals surface area contributed by atoms with Gasteiger partial charge in [-0.3, -0.25) is 9.59 Å². The van der Waals surface area contributed by atoms with E-state index in [-0.39, 0.29) is 23.7 Å². The third kappa shape index (κ3) is 2.25.